The molecule has 0 aliphatic carbocycles. The lowest BCUT2D eigenvalue weighted by atomic mass is 9.84. The third-order valence-corrected chi connectivity index (χ3v) is 2.67. The zero-order valence-electron chi connectivity index (χ0n) is 7.60. The predicted molar refractivity (Wildman–Crippen MR) is 47.2 cm³/mol. The van der Waals surface area contributed by atoms with Crippen molar-refractivity contribution in [2.75, 3.05) is 19.7 Å². The number of carboxylic acids is 1. The average Bonchev–Trinajstić information content (AvgIpc) is 2.49. The van der Waals surface area contributed by atoms with Crippen molar-refractivity contribution < 1.29 is 20.0 Å². The Hall–Kier alpha value is -0.585. The van der Waals surface area contributed by atoms with Crippen LogP contribution >= 0.6 is 0 Å². The molecule has 1 unspecified atom stereocenters. The molecule has 74 valence electrons. The van der Waals surface area contributed by atoms with Crippen molar-refractivity contribution in [2.45, 2.75) is 13.2 Å². The topological polar surface area (TPSA) is 81.0 Å². The molecule has 0 radical (unpaired) electrons. The number of rotatable bonds is 3. The zero-order valence-corrected chi connectivity index (χ0v) is 7.60. The number of aliphatic hydroxyl groups excluding tert-OH is 1. The van der Waals surface area contributed by atoms with Gasteiger partial charge in [0.25, 0.3) is 0 Å². The fourth-order valence-electron chi connectivity index (χ4n) is 1.59. The summed E-state index contributed by atoms with van der Waals surface area (Å²) in [5, 5.41) is 27.1. The summed E-state index contributed by atoms with van der Waals surface area (Å²) in [5.74, 6) is -0.988. The van der Waals surface area contributed by atoms with Crippen LogP contribution in [0, 0.1) is 5.41 Å². The maximum atomic E-state index is 10.9. The molecule has 0 aromatic heterocycles. The third kappa shape index (κ3) is 1.85. The lowest BCUT2D eigenvalue weighted by Crippen LogP contribution is -2.41. The van der Waals surface area contributed by atoms with Gasteiger partial charge in [0.05, 0.1) is 6.61 Å². The molecular formula is C7H14BNO4. The number of nitrogens with zero attached hydrogens (tertiary/aromatic N) is 1. The lowest BCUT2D eigenvalue weighted by molar-refractivity contribution is -0.150. The zero-order chi connectivity index (χ0) is 10.1. The van der Waals surface area contributed by atoms with E-state index in [4.69, 9.17) is 10.2 Å². The smallest absolute Gasteiger partial charge is 0.376 e. The molecule has 13 heavy (non-hydrogen) atoms. The number of aliphatic carboxylic acids is 1. The maximum absolute atomic E-state index is 10.9. The Morgan fingerprint density at radius 2 is 2.31 bits per heavy atom. The SMILES string of the molecule is CB(O)N1CCC(CO)(C(=O)O)C1. The maximum Gasteiger partial charge on any atom is 0.376 e. The third-order valence-electron chi connectivity index (χ3n) is 2.67. The van der Waals surface area contributed by atoms with E-state index in [1.165, 1.54) is 0 Å². The number of hydrogen-bond donors (Lipinski definition) is 3. The molecule has 1 aliphatic rings. The van der Waals surface area contributed by atoms with Gasteiger partial charge in [-0.2, -0.15) is 0 Å². The first-order chi connectivity index (χ1) is 6.02. The fraction of sp³-hybridized carbons (Fsp3) is 0.857. The molecule has 0 aromatic carbocycles. The van der Waals surface area contributed by atoms with Crippen LogP contribution in [0.2, 0.25) is 6.82 Å². The second-order valence-electron chi connectivity index (χ2n) is 3.60. The standard InChI is InChI=1S/C7H14BNO4/c1-8(13)9-3-2-7(4-9,5-10)6(11)12/h10,13H,2-5H2,1H3,(H,11,12). The summed E-state index contributed by atoms with van der Waals surface area (Å²) in [6, 6.07) is 0. The second kappa shape index (κ2) is 3.65. The van der Waals surface area contributed by atoms with Crippen molar-refractivity contribution in [2.24, 2.45) is 5.41 Å². The van der Waals surface area contributed by atoms with E-state index >= 15 is 0 Å². The molecule has 5 nitrogen and oxygen atoms in total. The van der Waals surface area contributed by atoms with Crippen LogP contribution in [-0.4, -0.2) is 52.8 Å². The molecule has 3 N–H and O–H groups in total. The molecule has 1 heterocycles. The lowest BCUT2D eigenvalue weighted by Gasteiger charge is -2.22. The minimum absolute atomic E-state index is 0.219. The van der Waals surface area contributed by atoms with Crippen LogP contribution in [0.1, 0.15) is 6.42 Å². The van der Waals surface area contributed by atoms with Gasteiger partial charge in [-0.3, -0.25) is 4.79 Å². The summed E-state index contributed by atoms with van der Waals surface area (Å²) >= 11 is 0. The number of carboxylic acid groups (broad SMARTS) is 1. The first kappa shape index (κ1) is 10.5. The largest absolute Gasteiger partial charge is 0.481 e. The van der Waals surface area contributed by atoms with Gasteiger partial charge in [-0.1, -0.05) is 0 Å². The first-order valence-electron chi connectivity index (χ1n) is 4.28. The van der Waals surface area contributed by atoms with Gasteiger partial charge in [-0.05, 0) is 19.8 Å². The van der Waals surface area contributed by atoms with E-state index in [0.29, 0.717) is 13.0 Å². The van der Waals surface area contributed by atoms with E-state index in [1.54, 1.807) is 11.6 Å². The number of aliphatic hydroxyl groups is 1. The molecule has 1 saturated heterocycles. The van der Waals surface area contributed by atoms with Crippen LogP contribution in [0.15, 0.2) is 0 Å². The highest BCUT2D eigenvalue weighted by molar-refractivity contribution is 6.45. The highest BCUT2D eigenvalue weighted by atomic mass is 16.4. The molecule has 0 saturated carbocycles. The van der Waals surface area contributed by atoms with Gasteiger partial charge in [-0.15, -0.1) is 0 Å². The Kier molecular flexibility index (Phi) is 2.95. The van der Waals surface area contributed by atoms with Gasteiger partial charge in [-0.25, -0.2) is 0 Å². The molecule has 1 rings (SSSR count). The molecular weight excluding hydrogens is 173 g/mol. The van der Waals surface area contributed by atoms with Crippen molar-refractivity contribution in [3.63, 3.8) is 0 Å². The van der Waals surface area contributed by atoms with Crippen LogP contribution < -0.4 is 0 Å². The van der Waals surface area contributed by atoms with E-state index in [-0.39, 0.29) is 13.2 Å². The fourth-order valence-corrected chi connectivity index (χ4v) is 1.59. The van der Waals surface area contributed by atoms with Crippen LogP contribution in [0.25, 0.3) is 0 Å². The van der Waals surface area contributed by atoms with Crippen molar-refractivity contribution in [1.82, 2.24) is 4.81 Å². The Labute approximate surface area is 77.1 Å². The van der Waals surface area contributed by atoms with Crippen molar-refractivity contribution in [1.29, 1.82) is 0 Å². The monoisotopic (exact) mass is 187 g/mol. The summed E-state index contributed by atoms with van der Waals surface area (Å²) < 4.78 is 0. The van der Waals surface area contributed by atoms with Crippen LogP contribution in [-0.2, 0) is 4.79 Å². The molecule has 6 heteroatoms. The van der Waals surface area contributed by atoms with Crippen molar-refractivity contribution in [3.05, 3.63) is 0 Å². The molecule has 1 atom stereocenters. The Bertz CT molecular complexity index is 211. The summed E-state index contributed by atoms with van der Waals surface area (Å²) in [6.45, 7) is 1.96. The highest BCUT2D eigenvalue weighted by Gasteiger charge is 2.45. The second-order valence-corrected chi connectivity index (χ2v) is 3.60. The summed E-state index contributed by atoms with van der Waals surface area (Å²) in [6.07, 6.45) is 0.393. The molecule has 0 amide bonds. The quantitative estimate of drug-likeness (QED) is 0.487. The average molecular weight is 187 g/mol. The van der Waals surface area contributed by atoms with E-state index in [1.807, 2.05) is 0 Å². The molecule has 1 fully saturated rings. The molecule has 0 spiro atoms. The summed E-state index contributed by atoms with van der Waals surface area (Å²) in [4.78, 5) is 12.5. The Morgan fingerprint density at radius 3 is 2.54 bits per heavy atom. The number of hydrogen-bond acceptors (Lipinski definition) is 4. The molecule has 1 aliphatic heterocycles. The van der Waals surface area contributed by atoms with E-state index < -0.39 is 18.4 Å². The normalized spacial score (nSPS) is 29.2. The van der Waals surface area contributed by atoms with Crippen LogP contribution in [0.3, 0.4) is 0 Å². The summed E-state index contributed by atoms with van der Waals surface area (Å²) in [5.41, 5.74) is -1.07. The van der Waals surface area contributed by atoms with Gasteiger partial charge >= 0.3 is 13.0 Å². The predicted octanol–water partition coefficient (Wildman–Crippen LogP) is -1.13. The first-order valence-corrected chi connectivity index (χ1v) is 4.28. The minimum Gasteiger partial charge on any atom is -0.481 e. The van der Waals surface area contributed by atoms with Crippen LogP contribution in [0.4, 0.5) is 0 Å². The van der Waals surface area contributed by atoms with Gasteiger partial charge in [0.1, 0.15) is 5.41 Å². The Morgan fingerprint density at radius 1 is 1.69 bits per heavy atom. The summed E-state index contributed by atoms with van der Waals surface area (Å²) in [7, 11) is -0.646. The minimum atomic E-state index is -1.07. The molecule has 0 bridgehead atoms. The van der Waals surface area contributed by atoms with E-state index in [9.17, 15) is 9.82 Å². The number of carbonyl (C=O) groups is 1. The van der Waals surface area contributed by atoms with Gasteiger partial charge in [0.2, 0.25) is 0 Å². The Balaban J connectivity index is 2.69. The van der Waals surface area contributed by atoms with Crippen LogP contribution in [0.5, 0.6) is 0 Å². The highest BCUT2D eigenvalue weighted by Crippen LogP contribution is 2.30. The van der Waals surface area contributed by atoms with Gasteiger partial charge in [0, 0.05) is 6.54 Å². The van der Waals surface area contributed by atoms with Crippen molar-refractivity contribution >= 4 is 13.0 Å². The van der Waals surface area contributed by atoms with Crippen molar-refractivity contribution in [3.8, 4) is 0 Å². The van der Waals surface area contributed by atoms with Gasteiger partial charge < -0.3 is 20.0 Å². The van der Waals surface area contributed by atoms with Gasteiger partial charge in [0.15, 0.2) is 0 Å². The molecule has 0 aromatic rings. The van der Waals surface area contributed by atoms with E-state index in [0.717, 1.165) is 0 Å². The van der Waals surface area contributed by atoms with E-state index in [2.05, 4.69) is 0 Å².